The summed E-state index contributed by atoms with van der Waals surface area (Å²) in [7, 11) is 0. The fourth-order valence-electron chi connectivity index (χ4n) is 4.51. The number of hydrogen-bond donors (Lipinski definition) is 1. The average molecular weight is 757 g/mol. The zero-order valence-electron chi connectivity index (χ0n) is 30.2. The Bertz CT molecular complexity index is 1340. The summed E-state index contributed by atoms with van der Waals surface area (Å²) < 4.78 is 67.7. The maximum atomic E-state index is 13.0. The van der Waals surface area contributed by atoms with Gasteiger partial charge in [0.25, 0.3) is 0 Å². The lowest BCUT2D eigenvalue weighted by Crippen LogP contribution is -2.15. The molecular weight excluding hydrogens is 700 g/mol. The molecule has 0 aliphatic heterocycles. The van der Waals surface area contributed by atoms with Crippen LogP contribution in [-0.2, 0) is 52.1 Å². The van der Waals surface area contributed by atoms with Gasteiger partial charge in [0.15, 0.2) is 5.43 Å². The highest BCUT2D eigenvalue weighted by molar-refractivity contribution is 7.24. The molecule has 14 nitrogen and oxygen atoms in total. The number of hydrogen-bond acceptors (Lipinski definition) is 15. The smallest absolute Gasteiger partial charge is 0.199 e. The number of aliphatic hydroxyl groups is 1. The summed E-state index contributed by atoms with van der Waals surface area (Å²) in [6.07, 6.45) is 0. The highest BCUT2D eigenvalue weighted by Crippen LogP contribution is 2.30. The van der Waals surface area contributed by atoms with Crippen molar-refractivity contribution in [1.29, 1.82) is 0 Å². The van der Waals surface area contributed by atoms with E-state index in [0.717, 1.165) is 9.40 Å². The molecule has 2 aromatic carbocycles. The highest BCUT2D eigenvalue weighted by atomic mass is 32.1. The first-order valence-electron chi connectivity index (χ1n) is 17.8. The van der Waals surface area contributed by atoms with Gasteiger partial charge in [-0.25, -0.2) is 0 Å². The van der Waals surface area contributed by atoms with Crippen molar-refractivity contribution in [3.63, 3.8) is 0 Å². The van der Waals surface area contributed by atoms with E-state index >= 15 is 0 Å². The first-order valence-corrected chi connectivity index (χ1v) is 18.7. The Kier molecular flexibility index (Phi) is 26.3. The molecule has 15 heteroatoms. The van der Waals surface area contributed by atoms with E-state index < -0.39 is 0 Å². The summed E-state index contributed by atoms with van der Waals surface area (Å²) in [5.74, 6) is 0.580. The van der Waals surface area contributed by atoms with E-state index in [9.17, 15) is 4.79 Å². The van der Waals surface area contributed by atoms with Gasteiger partial charge in [-0.15, -0.1) is 11.3 Å². The Morgan fingerprint density at radius 3 is 1.15 bits per heavy atom. The molecule has 0 amide bonds. The van der Waals surface area contributed by atoms with Crippen molar-refractivity contribution in [1.82, 2.24) is 0 Å². The predicted octanol–water partition coefficient (Wildman–Crippen LogP) is 2.97. The lowest BCUT2D eigenvalue weighted by molar-refractivity contribution is -0.0280. The standard InChI is InChI=1S/C37H56O14S/c38-8-9-40-10-11-41-12-13-42-14-15-43-16-17-44-18-19-45-20-21-46-22-23-47-24-25-48-26-27-49-28-29-50-30-31-51-33-5-3-7-35-36(33)37(39)32-4-1-2-6-34(32)52-35/h1-7,38H,8-31H2. The minimum absolute atomic E-state index is 0.00990. The number of aliphatic hydroxyl groups excluding tert-OH is 1. The Hall–Kier alpha value is -2.35. The molecule has 0 radical (unpaired) electrons. The van der Waals surface area contributed by atoms with Crippen molar-refractivity contribution < 1.29 is 61.9 Å². The Morgan fingerprint density at radius 2 is 0.750 bits per heavy atom. The SMILES string of the molecule is O=c1c2ccccc2sc2cccc(OCCOCCOCCOCCOCCOCCOCCOCCOCCOCCOCCOCCO)c12. The van der Waals surface area contributed by atoms with E-state index in [-0.39, 0.29) is 12.0 Å². The molecule has 294 valence electrons. The van der Waals surface area contributed by atoms with Gasteiger partial charge in [-0.1, -0.05) is 18.2 Å². The van der Waals surface area contributed by atoms with Gasteiger partial charge in [0, 0.05) is 14.8 Å². The molecule has 0 bridgehead atoms. The van der Waals surface area contributed by atoms with E-state index in [2.05, 4.69) is 0 Å². The van der Waals surface area contributed by atoms with Crippen molar-refractivity contribution in [3.05, 3.63) is 52.7 Å². The zero-order chi connectivity index (χ0) is 36.6. The van der Waals surface area contributed by atoms with Crippen LogP contribution in [0, 0.1) is 0 Å². The van der Waals surface area contributed by atoms with Crippen LogP contribution in [0.5, 0.6) is 5.75 Å². The van der Waals surface area contributed by atoms with E-state index in [1.54, 1.807) is 11.3 Å². The maximum absolute atomic E-state index is 13.0. The molecular formula is C37H56O14S. The second kappa shape index (κ2) is 31.0. The highest BCUT2D eigenvalue weighted by Gasteiger charge is 2.10. The molecule has 1 N–H and O–H groups in total. The topological polar surface area (TPSA) is 148 Å². The van der Waals surface area contributed by atoms with Gasteiger partial charge in [-0.3, -0.25) is 4.79 Å². The lowest BCUT2D eigenvalue weighted by Gasteiger charge is -2.10. The molecule has 0 atom stereocenters. The Balaban J connectivity index is 0.973. The van der Waals surface area contributed by atoms with E-state index in [1.807, 2.05) is 42.5 Å². The molecule has 0 spiro atoms. The number of fused-ring (bicyclic) bond motifs is 2. The van der Waals surface area contributed by atoms with Crippen molar-refractivity contribution in [2.75, 3.05) is 159 Å². The molecule has 3 aromatic rings. The van der Waals surface area contributed by atoms with Crippen LogP contribution in [0.4, 0.5) is 0 Å². The molecule has 3 rings (SSSR count). The predicted molar refractivity (Wildman–Crippen MR) is 197 cm³/mol. The van der Waals surface area contributed by atoms with Gasteiger partial charge >= 0.3 is 0 Å². The number of ether oxygens (including phenoxy) is 12. The summed E-state index contributed by atoms with van der Waals surface area (Å²) in [5.41, 5.74) is -0.00990. The third kappa shape index (κ3) is 20.2. The van der Waals surface area contributed by atoms with Gasteiger partial charge in [-0.2, -0.15) is 0 Å². The summed E-state index contributed by atoms with van der Waals surface area (Å²) in [5, 5.41) is 9.91. The maximum Gasteiger partial charge on any atom is 0.199 e. The van der Waals surface area contributed by atoms with E-state index in [1.165, 1.54) is 0 Å². The monoisotopic (exact) mass is 756 g/mol. The van der Waals surface area contributed by atoms with Crippen LogP contribution in [0.3, 0.4) is 0 Å². The van der Waals surface area contributed by atoms with Gasteiger partial charge in [-0.05, 0) is 24.3 Å². The second-order valence-electron chi connectivity index (χ2n) is 10.9. The molecule has 1 aromatic heterocycles. The van der Waals surface area contributed by atoms with Crippen molar-refractivity contribution in [2.24, 2.45) is 0 Å². The normalized spacial score (nSPS) is 11.6. The second-order valence-corrected chi connectivity index (χ2v) is 11.9. The summed E-state index contributed by atoms with van der Waals surface area (Å²) >= 11 is 1.59. The van der Waals surface area contributed by atoms with Crippen molar-refractivity contribution >= 4 is 31.5 Å². The van der Waals surface area contributed by atoms with Gasteiger partial charge in [0.2, 0.25) is 0 Å². The molecule has 1 heterocycles. The van der Waals surface area contributed by atoms with Crippen LogP contribution in [0.1, 0.15) is 0 Å². The fourth-order valence-corrected chi connectivity index (χ4v) is 5.61. The van der Waals surface area contributed by atoms with Gasteiger partial charge in [0.1, 0.15) is 12.4 Å². The van der Waals surface area contributed by atoms with Crippen LogP contribution < -0.4 is 10.2 Å². The zero-order valence-corrected chi connectivity index (χ0v) is 31.0. The first kappa shape index (κ1) is 44.0. The summed E-state index contributed by atoms with van der Waals surface area (Å²) in [6.45, 7) is 10.8. The van der Waals surface area contributed by atoms with Crippen LogP contribution >= 0.6 is 11.3 Å². The minimum Gasteiger partial charge on any atom is -0.490 e. The number of benzene rings is 2. The molecule has 0 fully saturated rings. The van der Waals surface area contributed by atoms with Crippen LogP contribution in [-0.4, -0.2) is 164 Å². The molecule has 0 saturated carbocycles. The number of rotatable bonds is 36. The average Bonchev–Trinajstić information content (AvgIpc) is 3.16. The van der Waals surface area contributed by atoms with Gasteiger partial charge < -0.3 is 61.9 Å². The quantitative estimate of drug-likeness (QED) is 0.0685. The minimum atomic E-state index is -0.00990. The molecule has 52 heavy (non-hydrogen) atoms. The first-order chi connectivity index (χ1) is 25.8. The Morgan fingerprint density at radius 1 is 0.404 bits per heavy atom. The van der Waals surface area contributed by atoms with Crippen molar-refractivity contribution in [2.45, 2.75) is 0 Å². The summed E-state index contributed by atoms with van der Waals surface area (Å²) in [4.78, 5) is 13.0. The van der Waals surface area contributed by atoms with Crippen LogP contribution in [0.15, 0.2) is 47.3 Å². The molecule has 0 aliphatic rings. The molecule has 0 saturated heterocycles. The van der Waals surface area contributed by atoms with Gasteiger partial charge in [0.05, 0.1) is 157 Å². The molecule has 0 aliphatic carbocycles. The lowest BCUT2D eigenvalue weighted by atomic mass is 10.1. The summed E-state index contributed by atoms with van der Waals surface area (Å²) in [6, 6.07) is 13.3. The van der Waals surface area contributed by atoms with Crippen LogP contribution in [0.25, 0.3) is 20.2 Å². The third-order valence-electron chi connectivity index (χ3n) is 7.01. The Labute approximate surface area is 310 Å². The fraction of sp³-hybridized carbons (Fsp3) is 0.649. The van der Waals surface area contributed by atoms with Crippen LogP contribution in [0.2, 0.25) is 0 Å². The third-order valence-corrected chi connectivity index (χ3v) is 8.14. The molecule has 0 unspecified atom stereocenters. The van der Waals surface area contributed by atoms with E-state index in [0.29, 0.717) is 168 Å². The van der Waals surface area contributed by atoms with Crippen molar-refractivity contribution in [3.8, 4) is 5.75 Å². The van der Waals surface area contributed by atoms with E-state index in [4.69, 9.17) is 61.9 Å². The largest absolute Gasteiger partial charge is 0.490 e.